The quantitative estimate of drug-likeness (QED) is 0.759. The van der Waals surface area contributed by atoms with Crippen LogP contribution in [0.4, 0.5) is 0 Å². The average molecular weight is 240 g/mol. The molecule has 0 aliphatic rings. The third-order valence-corrected chi connectivity index (χ3v) is 1.61. The first-order chi connectivity index (χ1) is 6.18. The lowest BCUT2D eigenvalue weighted by Crippen LogP contribution is -1.90. The van der Waals surface area contributed by atoms with Crippen molar-refractivity contribution in [3.05, 3.63) is 28.5 Å². The monoisotopic (exact) mass is 239 g/mol. The molecule has 0 fully saturated rings. The predicted molar refractivity (Wildman–Crippen MR) is 51.1 cm³/mol. The van der Waals surface area contributed by atoms with Crippen molar-refractivity contribution in [1.29, 1.82) is 0 Å². The SMILES string of the molecule is O=C(O)CC#Cc1cncc(Br)c1. The van der Waals surface area contributed by atoms with E-state index in [-0.39, 0.29) is 6.42 Å². The molecule has 0 aliphatic heterocycles. The van der Waals surface area contributed by atoms with Crippen molar-refractivity contribution < 1.29 is 9.90 Å². The maximum absolute atomic E-state index is 10.1. The lowest BCUT2D eigenvalue weighted by atomic mass is 10.3. The lowest BCUT2D eigenvalue weighted by molar-refractivity contribution is -0.135. The van der Waals surface area contributed by atoms with Gasteiger partial charge in [0.1, 0.15) is 6.42 Å². The Balaban J connectivity index is 2.72. The maximum atomic E-state index is 10.1. The van der Waals surface area contributed by atoms with E-state index in [1.54, 1.807) is 18.5 Å². The maximum Gasteiger partial charge on any atom is 0.315 e. The molecule has 0 radical (unpaired) electrons. The summed E-state index contributed by atoms with van der Waals surface area (Å²) in [6.07, 6.45) is 3.08. The molecule has 0 unspecified atom stereocenters. The summed E-state index contributed by atoms with van der Waals surface area (Å²) >= 11 is 3.24. The Hall–Kier alpha value is -1.34. The van der Waals surface area contributed by atoms with Crippen molar-refractivity contribution >= 4 is 21.9 Å². The Labute approximate surface area is 83.9 Å². The number of aromatic nitrogens is 1. The fraction of sp³-hybridized carbons (Fsp3) is 0.111. The van der Waals surface area contributed by atoms with Gasteiger partial charge in [-0.1, -0.05) is 11.8 Å². The first-order valence-corrected chi connectivity index (χ1v) is 4.29. The Kier molecular flexibility index (Phi) is 3.47. The second-order valence-electron chi connectivity index (χ2n) is 2.26. The van der Waals surface area contributed by atoms with Crippen LogP contribution in [0.5, 0.6) is 0 Å². The number of nitrogens with zero attached hydrogens (tertiary/aromatic N) is 1. The summed E-state index contributed by atoms with van der Waals surface area (Å²) in [5.41, 5.74) is 0.704. The predicted octanol–water partition coefficient (Wildman–Crippen LogP) is 1.67. The molecule has 1 aromatic heterocycles. The minimum absolute atomic E-state index is 0.146. The Bertz CT molecular complexity index is 379. The second kappa shape index (κ2) is 4.63. The van der Waals surface area contributed by atoms with Crippen molar-refractivity contribution in [2.75, 3.05) is 0 Å². The molecule has 66 valence electrons. The van der Waals surface area contributed by atoms with E-state index in [1.165, 1.54) is 0 Å². The summed E-state index contributed by atoms with van der Waals surface area (Å²) in [5, 5.41) is 8.32. The summed E-state index contributed by atoms with van der Waals surface area (Å²) in [7, 11) is 0. The van der Waals surface area contributed by atoms with E-state index < -0.39 is 5.97 Å². The second-order valence-corrected chi connectivity index (χ2v) is 3.18. The van der Waals surface area contributed by atoms with Gasteiger partial charge in [0, 0.05) is 22.4 Å². The minimum Gasteiger partial charge on any atom is -0.481 e. The molecular weight excluding hydrogens is 234 g/mol. The fourth-order valence-electron chi connectivity index (χ4n) is 0.702. The van der Waals surface area contributed by atoms with E-state index in [1.807, 2.05) is 0 Å². The molecule has 0 bridgehead atoms. The molecule has 3 nitrogen and oxygen atoms in total. The highest BCUT2D eigenvalue weighted by molar-refractivity contribution is 9.10. The molecule has 13 heavy (non-hydrogen) atoms. The van der Waals surface area contributed by atoms with E-state index >= 15 is 0 Å². The highest BCUT2D eigenvalue weighted by Crippen LogP contribution is 2.08. The smallest absolute Gasteiger partial charge is 0.315 e. The molecule has 0 aliphatic carbocycles. The van der Waals surface area contributed by atoms with Crippen molar-refractivity contribution in [2.24, 2.45) is 0 Å². The normalized spacial score (nSPS) is 8.69. The van der Waals surface area contributed by atoms with Gasteiger partial charge in [0.25, 0.3) is 0 Å². The molecule has 0 amide bonds. The highest BCUT2D eigenvalue weighted by atomic mass is 79.9. The number of rotatable bonds is 1. The summed E-state index contributed by atoms with van der Waals surface area (Å²) in [5.74, 6) is 4.29. The summed E-state index contributed by atoms with van der Waals surface area (Å²) in [4.78, 5) is 14.0. The summed E-state index contributed by atoms with van der Waals surface area (Å²) < 4.78 is 0.828. The van der Waals surface area contributed by atoms with E-state index in [9.17, 15) is 4.79 Å². The van der Waals surface area contributed by atoms with Crippen molar-refractivity contribution in [3.8, 4) is 11.8 Å². The van der Waals surface area contributed by atoms with Gasteiger partial charge in [-0.25, -0.2) is 0 Å². The van der Waals surface area contributed by atoms with Gasteiger partial charge in [-0.3, -0.25) is 9.78 Å². The molecule has 1 heterocycles. The van der Waals surface area contributed by atoms with E-state index in [0.29, 0.717) is 5.56 Å². The molecule has 0 aromatic carbocycles. The number of halogens is 1. The number of hydrogen-bond donors (Lipinski definition) is 1. The van der Waals surface area contributed by atoms with Gasteiger partial charge >= 0.3 is 5.97 Å². The molecule has 1 aromatic rings. The van der Waals surface area contributed by atoms with E-state index in [0.717, 1.165) is 4.47 Å². The van der Waals surface area contributed by atoms with Crippen LogP contribution in [0, 0.1) is 11.8 Å². The van der Waals surface area contributed by atoms with E-state index in [2.05, 4.69) is 32.8 Å². The molecule has 4 heteroatoms. The van der Waals surface area contributed by atoms with Crippen LogP contribution >= 0.6 is 15.9 Å². The molecule has 0 saturated carbocycles. The molecular formula is C9H6BrNO2. The molecule has 0 saturated heterocycles. The van der Waals surface area contributed by atoms with Crippen LogP contribution in [-0.4, -0.2) is 16.1 Å². The number of hydrogen-bond acceptors (Lipinski definition) is 2. The van der Waals surface area contributed by atoms with Crippen molar-refractivity contribution in [2.45, 2.75) is 6.42 Å². The van der Waals surface area contributed by atoms with Gasteiger partial charge in [0.15, 0.2) is 0 Å². The van der Waals surface area contributed by atoms with Gasteiger partial charge in [-0.2, -0.15) is 0 Å². The van der Waals surface area contributed by atoms with Crippen LogP contribution in [0.3, 0.4) is 0 Å². The first-order valence-electron chi connectivity index (χ1n) is 3.49. The van der Waals surface area contributed by atoms with Crippen LogP contribution in [0.1, 0.15) is 12.0 Å². The van der Waals surface area contributed by atoms with Gasteiger partial charge in [0.05, 0.1) is 0 Å². The fourth-order valence-corrected chi connectivity index (χ4v) is 1.07. The van der Waals surface area contributed by atoms with Crippen LogP contribution < -0.4 is 0 Å². The number of pyridine rings is 1. The van der Waals surface area contributed by atoms with Gasteiger partial charge in [-0.05, 0) is 22.0 Å². The van der Waals surface area contributed by atoms with Gasteiger partial charge in [0.2, 0.25) is 0 Å². The van der Waals surface area contributed by atoms with Crippen LogP contribution in [-0.2, 0) is 4.79 Å². The molecule has 1 N–H and O–H groups in total. The first kappa shape index (κ1) is 9.75. The van der Waals surface area contributed by atoms with E-state index in [4.69, 9.17) is 5.11 Å². The van der Waals surface area contributed by atoms with Gasteiger partial charge < -0.3 is 5.11 Å². The van der Waals surface area contributed by atoms with Crippen molar-refractivity contribution in [3.63, 3.8) is 0 Å². The van der Waals surface area contributed by atoms with Crippen LogP contribution in [0.15, 0.2) is 22.9 Å². The van der Waals surface area contributed by atoms with Gasteiger partial charge in [-0.15, -0.1) is 0 Å². The molecule has 0 atom stereocenters. The van der Waals surface area contributed by atoms with Crippen LogP contribution in [0.25, 0.3) is 0 Å². The lowest BCUT2D eigenvalue weighted by Gasteiger charge is -1.89. The zero-order chi connectivity index (χ0) is 9.68. The zero-order valence-electron chi connectivity index (χ0n) is 6.62. The largest absolute Gasteiger partial charge is 0.481 e. The molecule has 1 rings (SSSR count). The number of carboxylic acids is 1. The Morgan fingerprint density at radius 3 is 3.00 bits per heavy atom. The zero-order valence-corrected chi connectivity index (χ0v) is 8.21. The molecule has 0 spiro atoms. The Morgan fingerprint density at radius 1 is 1.62 bits per heavy atom. The average Bonchev–Trinajstić information content (AvgIpc) is 2.03. The standard InChI is InChI=1S/C9H6BrNO2/c10-8-4-7(5-11-6-8)2-1-3-9(12)13/h4-6H,3H2,(H,12,13). The summed E-state index contributed by atoms with van der Waals surface area (Å²) in [6, 6.07) is 1.78. The summed E-state index contributed by atoms with van der Waals surface area (Å²) in [6.45, 7) is 0. The number of carbonyl (C=O) groups is 1. The highest BCUT2D eigenvalue weighted by Gasteiger charge is 1.91. The topological polar surface area (TPSA) is 50.2 Å². The third kappa shape index (κ3) is 3.72. The van der Waals surface area contributed by atoms with Crippen LogP contribution in [0.2, 0.25) is 0 Å². The minimum atomic E-state index is -0.921. The number of aliphatic carboxylic acids is 1. The third-order valence-electron chi connectivity index (χ3n) is 1.18. The number of carboxylic acid groups (broad SMARTS) is 1. The van der Waals surface area contributed by atoms with Crippen molar-refractivity contribution in [1.82, 2.24) is 4.98 Å². The Morgan fingerprint density at radius 2 is 2.38 bits per heavy atom.